The second-order valence-electron chi connectivity index (χ2n) is 16.2. The minimum absolute atomic E-state index is 0.0172. The summed E-state index contributed by atoms with van der Waals surface area (Å²) in [6.07, 6.45) is 6.57. The van der Waals surface area contributed by atoms with Crippen molar-refractivity contribution in [2.24, 2.45) is 5.92 Å². The van der Waals surface area contributed by atoms with Crippen LogP contribution in [-0.2, 0) is 28.7 Å². The molecule has 2 saturated heterocycles. The number of hydrogen-bond donors (Lipinski definition) is 4. The molecule has 21 heteroatoms. The van der Waals surface area contributed by atoms with E-state index in [9.17, 15) is 33.6 Å². The highest BCUT2D eigenvalue weighted by Crippen LogP contribution is 2.35. The minimum atomic E-state index is -1.08. The Hall–Kier alpha value is -6.87. The summed E-state index contributed by atoms with van der Waals surface area (Å²) >= 11 is 0. The summed E-state index contributed by atoms with van der Waals surface area (Å²) < 4.78 is 18.6. The highest BCUT2D eigenvalue weighted by atomic mass is 16.5. The Kier molecular flexibility index (Phi) is 13.5. The van der Waals surface area contributed by atoms with Crippen molar-refractivity contribution in [1.82, 2.24) is 50.3 Å². The molecule has 1 aromatic carbocycles. The molecule has 21 nitrogen and oxygen atoms in total. The number of likely N-dealkylation sites (tertiary alicyclic amines) is 1. The lowest BCUT2D eigenvalue weighted by atomic mass is 9.86. The smallest absolute Gasteiger partial charge is 0.270 e. The number of fused-ring (bicyclic) bond motifs is 2. The summed E-state index contributed by atoms with van der Waals surface area (Å²) in [7, 11) is 0. The van der Waals surface area contributed by atoms with E-state index in [1.807, 2.05) is 28.5 Å². The van der Waals surface area contributed by atoms with Gasteiger partial charge in [-0.15, -0.1) is 0 Å². The summed E-state index contributed by atoms with van der Waals surface area (Å²) in [5.41, 5.74) is 2.80. The molecule has 7 amide bonds. The number of hydrogen-bond acceptors (Lipinski definition) is 15. The Morgan fingerprint density at radius 1 is 0.891 bits per heavy atom. The third kappa shape index (κ3) is 9.99. The zero-order valence-electron chi connectivity index (χ0n) is 35.2. The molecule has 0 spiro atoms. The van der Waals surface area contributed by atoms with Crippen LogP contribution in [0.1, 0.15) is 81.5 Å². The van der Waals surface area contributed by atoms with Gasteiger partial charge in [-0.3, -0.25) is 43.8 Å². The predicted molar refractivity (Wildman–Crippen MR) is 225 cm³/mol. The molecule has 64 heavy (non-hydrogen) atoms. The highest BCUT2D eigenvalue weighted by molar-refractivity contribution is 6.23. The second kappa shape index (κ2) is 19.7. The van der Waals surface area contributed by atoms with Gasteiger partial charge in [0.15, 0.2) is 18.1 Å². The number of imidazole rings is 1. The number of anilines is 1. The van der Waals surface area contributed by atoms with Crippen LogP contribution in [0.5, 0.6) is 5.75 Å². The summed E-state index contributed by atoms with van der Waals surface area (Å²) in [6.45, 7) is 4.20. The molecule has 0 radical (unpaired) electrons. The molecule has 1 atom stereocenters. The first-order valence-electron chi connectivity index (χ1n) is 21.4. The molecule has 3 fully saturated rings. The number of benzene rings is 1. The Balaban J connectivity index is 0.663. The van der Waals surface area contributed by atoms with Crippen molar-refractivity contribution in [2.45, 2.75) is 63.6 Å². The van der Waals surface area contributed by atoms with Crippen LogP contribution in [0.3, 0.4) is 0 Å². The molecule has 1 saturated carbocycles. The van der Waals surface area contributed by atoms with Crippen molar-refractivity contribution in [3.63, 3.8) is 0 Å². The fourth-order valence-electron chi connectivity index (χ4n) is 8.21. The van der Waals surface area contributed by atoms with Gasteiger partial charge in [0.1, 0.15) is 35.9 Å². The maximum absolute atomic E-state index is 13.0. The zero-order valence-corrected chi connectivity index (χ0v) is 35.2. The number of aromatic nitrogens is 5. The second-order valence-corrected chi connectivity index (χ2v) is 16.2. The molecule has 0 bridgehead atoms. The Bertz CT molecular complexity index is 2450. The van der Waals surface area contributed by atoms with Crippen LogP contribution in [0.4, 0.5) is 5.82 Å². The number of amides is 7. The minimum Gasteiger partial charge on any atom is -0.484 e. The lowest BCUT2D eigenvalue weighted by Gasteiger charge is -2.36. The molecule has 6 heterocycles. The molecule has 336 valence electrons. The maximum Gasteiger partial charge on any atom is 0.270 e. The van der Waals surface area contributed by atoms with Gasteiger partial charge in [-0.2, -0.15) is 0 Å². The standard InChI is InChI=1S/C43H49N11O10/c1-25-3-2-4-32(49-25)40(58)50-27-17-28(18-27)53-24-48-37-38(46-23-47-39(37)53)45-20-26-9-12-52(13-10-26)36(57)22-63-16-15-62-14-11-44-35(56)21-64-29-5-6-30-31(19-29)43(61)54(42(30)60)33-7-8-34(55)51-41(33)59/h2-6,19,23-24,26-28,33H,7-18,20-22H2,1H3,(H,44,56)(H,50,58)(H,45,46,47)(H,51,55,59). The molecule has 4 aliphatic rings. The van der Waals surface area contributed by atoms with Crippen molar-refractivity contribution >= 4 is 58.3 Å². The Morgan fingerprint density at radius 2 is 1.69 bits per heavy atom. The van der Waals surface area contributed by atoms with E-state index in [0.29, 0.717) is 42.6 Å². The largest absolute Gasteiger partial charge is 0.484 e. The maximum atomic E-state index is 13.0. The molecule has 1 aliphatic carbocycles. The van der Waals surface area contributed by atoms with Crippen molar-refractivity contribution in [3.8, 4) is 5.75 Å². The number of imide groups is 2. The molecular formula is C43H49N11O10. The number of rotatable bonds is 18. The summed E-state index contributed by atoms with van der Waals surface area (Å²) in [4.78, 5) is 108. The van der Waals surface area contributed by atoms with Crippen molar-refractivity contribution < 1.29 is 47.8 Å². The van der Waals surface area contributed by atoms with Crippen LogP contribution in [0, 0.1) is 12.8 Å². The SMILES string of the molecule is Cc1cccc(C(=O)NC2CC(n3cnc4c(NCC5CCN(C(=O)COCCOCCNC(=O)COc6ccc7c(c6)C(=O)N(C6CCC(=O)NC6=O)C7=O)CC5)ncnc43)C2)n1. The molecule has 4 N–H and O–H groups in total. The molecule has 3 aromatic heterocycles. The van der Waals surface area contributed by atoms with Gasteiger partial charge in [-0.1, -0.05) is 6.07 Å². The average Bonchev–Trinajstić information content (AvgIpc) is 3.81. The molecular weight excluding hydrogens is 831 g/mol. The monoisotopic (exact) mass is 879 g/mol. The van der Waals surface area contributed by atoms with Gasteiger partial charge in [0, 0.05) is 50.4 Å². The third-order valence-electron chi connectivity index (χ3n) is 11.8. The van der Waals surface area contributed by atoms with E-state index in [4.69, 9.17) is 14.2 Å². The van der Waals surface area contributed by atoms with E-state index < -0.39 is 35.6 Å². The zero-order chi connectivity index (χ0) is 44.7. The lowest BCUT2D eigenvalue weighted by Crippen LogP contribution is -2.54. The summed E-state index contributed by atoms with van der Waals surface area (Å²) in [5.74, 6) is -1.96. The van der Waals surface area contributed by atoms with Gasteiger partial charge < -0.3 is 39.6 Å². The fraction of sp³-hybridized carbons (Fsp3) is 0.465. The number of carbonyl (C=O) groups excluding carboxylic acids is 7. The van der Waals surface area contributed by atoms with Crippen LogP contribution in [0.15, 0.2) is 49.1 Å². The lowest BCUT2D eigenvalue weighted by molar-refractivity contribution is -0.138. The van der Waals surface area contributed by atoms with E-state index >= 15 is 0 Å². The average molecular weight is 880 g/mol. The fourth-order valence-corrected chi connectivity index (χ4v) is 8.21. The number of pyridine rings is 1. The van der Waals surface area contributed by atoms with Crippen LogP contribution in [0.25, 0.3) is 11.2 Å². The third-order valence-corrected chi connectivity index (χ3v) is 11.8. The molecule has 4 aromatic rings. The Morgan fingerprint density at radius 3 is 2.48 bits per heavy atom. The van der Waals surface area contributed by atoms with Crippen LogP contribution < -0.4 is 26.0 Å². The predicted octanol–water partition coefficient (Wildman–Crippen LogP) is 0.943. The number of carbonyl (C=O) groups is 7. The summed E-state index contributed by atoms with van der Waals surface area (Å²) in [5, 5.41) is 11.3. The normalized spacial score (nSPS) is 19.9. The van der Waals surface area contributed by atoms with Crippen molar-refractivity contribution in [1.29, 1.82) is 0 Å². The molecule has 3 aliphatic heterocycles. The van der Waals surface area contributed by atoms with Crippen LogP contribution >= 0.6 is 0 Å². The van der Waals surface area contributed by atoms with Crippen molar-refractivity contribution in [3.05, 3.63) is 71.6 Å². The Labute approximate surface area is 367 Å². The first-order chi connectivity index (χ1) is 31.0. The molecule has 8 rings (SSSR count). The van der Waals surface area contributed by atoms with Crippen molar-refractivity contribution in [2.75, 3.05) is 64.5 Å². The highest BCUT2D eigenvalue weighted by Gasteiger charge is 2.45. The number of nitrogens with one attached hydrogen (secondary N) is 4. The molecule has 1 unspecified atom stereocenters. The number of nitrogens with zero attached hydrogens (tertiary/aromatic N) is 7. The summed E-state index contributed by atoms with van der Waals surface area (Å²) in [6, 6.07) is 8.74. The van der Waals surface area contributed by atoms with Gasteiger partial charge in [0.05, 0.1) is 37.3 Å². The van der Waals surface area contributed by atoms with Gasteiger partial charge in [0.2, 0.25) is 17.7 Å². The van der Waals surface area contributed by atoms with Gasteiger partial charge in [0.25, 0.3) is 23.6 Å². The van der Waals surface area contributed by atoms with E-state index in [2.05, 4.69) is 41.2 Å². The van der Waals surface area contributed by atoms with E-state index in [0.717, 1.165) is 41.9 Å². The number of ether oxygens (including phenoxy) is 3. The van der Waals surface area contributed by atoms with Gasteiger partial charge >= 0.3 is 0 Å². The van der Waals surface area contributed by atoms with Gasteiger partial charge in [-0.05, 0) is 75.3 Å². The number of piperidine rings is 2. The first-order valence-corrected chi connectivity index (χ1v) is 21.4. The van der Waals surface area contributed by atoms with Gasteiger partial charge in [-0.25, -0.2) is 19.9 Å². The number of aryl methyl sites for hydroxylation is 1. The van der Waals surface area contributed by atoms with Crippen LogP contribution in [-0.4, -0.2) is 147 Å². The van der Waals surface area contributed by atoms with E-state index in [1.165, 1.54) is 24.5 Å². The van der Waals surface area contributed by atoms with E-state index in [1.54, 1.807) is 12.4 Å². The topological polar surface area (TPSA) is 258 Å². The van der Waals surface area contributed by atoms with Crippen LogP contribution in [0.2, 0.25) is 0 Å². The van der Waals surface area contributed by atoms with E-state index in [-0.39, 0.29) is 93.2 Å². The quantitative estimate of drug-likeness (QED) is 0.0802. The first kappa shape index (κ1) is 43.8.